The number of amides is 1. The van der Waals surface area contributed by atoms with Crippen molar-refractivity contribution in [2.24, 2.45) is 7.05 Å². The molecule has 0 saturated carbocycles. The molecule has 6 heteroatoms. The normalized spacial score (nSPS) is 20.7. The highest BCUT2D eigenvalue weighted by molar-refractivity contribution is 5.91. The van der Waals surface area contributed by atoms with Crippen molar-refractivity contribution in [2.75, 3.05) is 18.4 Å². The third-order valence-electron chi connectivity index (χ3n) is 4.77. The molecule has 1 aromatic carbocycles. The Bertz CT molecular complexity index is 819. The fourth-order valence-electron chi connectivity index (χ4n) is 3.51. The summed E-state index contributed by atoms with van der Waals surface area (Å²) in [4.78, 5) is 26.6. The molecule has 3 rings (SSSR count). The number of nitrogens with one attached hydrogen (secondary N) is 1. The van der Waals surface area contributed by atoms with Crippen LogP contribution in [0.1, 0.15) is 24.8 Å². The molecule has 2 aromatic rings. The van der Waals surface area contributed by atoms with Crippen LogP contribution >= 0.6 is 0 Å². The maximum atomic E-state index is 12.4. The van der Waals surface area contributed by atoms with E-state index in [0.717, 1.165) is 19.5 Å². The predicted octanol–water partition coefficient (Wildman–Crippen LogP) is 1.74. The second-order valence-electron chi connectivity index (χ2n) is 7.09. The molecule has 0 bridgehead atoms. The lowest BCUT2D eigenvalue weighted by molar-refractivity contribution is -0.123. The van der Waals surface area contributed by atoms with E-state index in [4.69, 9.17) is 0 Å². The molecule has 138 valence electrons. The van der Waals surface area contributed by atoms with Gasteiger partial charge in [0, 0.05) is 26.3 Å². The molecule has 1 unspecified atom stereocenters. The van der Waals surface area contributed by atoms with Crippen molar-refractivity contribution in [3.63, 3.8) is 0 Å². The molecule has 1 fully saturated rings. The second kappa shape index (κ2) is 7.85. The van der Waals surface area contributed by atoms with Gasteiger partial charge in [-0.2, -0.15) is 0 Å². The van der Waals surface area contributed by atoms with Crippen LogP contribution in [0.4, 0.5) is 5.69 Å². The number of pyridine rings is 1. The van der Waals surface area contributed by atoms with Crippen molar-refractivity contribution < 1.29 is 9.90 Å². The summed E-state index contributed by atoms with van der Waals surface area (Å²) in [5.41, 5.74) is 0.0913. The van der Waals surface area contributed by atoms with Crippen molar-refractivity contribution in [1.82, 2.24) is 9.47 Å². The zero-order chi connectivity index (χ0) is 18.6. The number of aryl methyl sites for hydroxylation is 1. The number of anilines is 1. The van der Waals surface area contributed by atoms with Crippen molar-refractivity contribution >= 4 is 11.6 Å². The number of benzene rings is 1. The summed E-state index contributed by atoms with van der Waals surface area (Å²) >= 11 is 0. The lowest BCUT2D eigenvalue weighted by Crippen LogP contribution is -2.49. The van der Waals surface area contributed by atoms with Gasteiger partial charge in [0.1, 0.15) is 5.69 Å². The summed E-state index contributed by atoms with van der Waals surface area (Å²) in [6, 6.07) is 13.4. The summed E-state index contributed by atoms with van der Waals surface area (Å²) in [7, 11) is 1.63. The van der Waals surface area contributed by atoms with E-state index in [0.29, 0.717) is 13.0 Å². The summed E-state index contributed by atoms with van der Waals surface area (Å²) in [6.45, 7) is 2.10. The van der Waals surface area contributed by atoms with E-state index < -0.39 is 5.60 Å². The predicted molar refractivity (Wildman–Crippen MR) is 101 cm³/mol. The van der Waals surface area contributed by atoms with Gasteiger partial charge in [0.25, 0.3) is 5.56 Å². The third kappa shape index (κ3) is 4.59. The maximum absolute atomic E-state index is 12.4. The van der Waals surface area contributed by atoms with Gasteiger partial charge in [0.15, 0.2) is 0 Å². The van der Waals surface area contributed by atoms with Crippen LogP contribution in [0.5, 0.6) is 0 Å². The fourth-order valence-corrected chi connectivity index (χ4v) is 3.51. The Kier molecular flexibility index (Phi) is 5.54. The quantitative estimate of drug-likeness (QED) is 0.857. The third-order valence-corrected chi connectivity index (χ3v) is 4.77. The Hall–Kier alpha value is -2.44. The zero-order valence-corrected chi connectivity index (χ0v) is 15.0. The number of carbonyl (C=O) groups excluding carboxylic acids is 1. The topological polar surface area (TPSA) is 74.6 Å². The molecule has 0 spiro atoms. The summed E-state index contributed by atoms with van der Waals surface area (Å²) in [5, 5.41) is 13.5. The molecule has 1 saturated heterocycles. The van der Waals surface area contributed by atoms with Crippen LogP contribution in [0.25, 0.3) is 0 Å². The van der Waals surface area contributed by atoms with E-state index in [9.17, 15) is 14.7 Å². The number of β-amino-alcohol motifs (C(OH)–C–C–N with tert-alkyl or cyclic N) is 1. The molecular weight excluding hydrogens is 330 g/mol. The first kappa shape index (κ1) is 18.4. The molecule has 0 radical (unpaired) electrons. The van der Waals surface area contributed by atoms with Gasteiger partial charge in [-0.15, -0.1) is 0 Å². The number of carbonyl (C=O) groups is 1. The van der Waals surface area contributed by atoms with Crippen molar-refractivity contribution in [3.8, 4) is 0 Å². The number of likely N-dealkylation sites (tertiary alicyclic amines) is 1. The number of hydrogen-bond donors (Lipinski definition) is 2. The molecule has 1 amide bonds. The van der Waals surface area contributed by atoms with Crippen LogP contribution in [0, 0.1) is 0 Å². The number of aliphatic hydroxyl groups is 1. The molecular formula is C20H25N3O3. The van der Waals surface area contributed by atoms with Crippen LogP contribution in [0.3, 0.4) is 0 Å². The largest absolute Gasteiger partial charge is 0.388 e. The van der Waals surface area contributed by atoms with E-state index in [-0.39, 0.29) is 23.6 Å². The summed E-state index contributed by atoms with van der Waals surface area (Å²) in [6.07, 6.45) is 3.03. The van der Waals surface area contributed by atoms with Crippen molar-refractivity contribution in [3.05, 3.63) is 64.6 Å². The smallest absolute Gasteiger partial charge is 0.274 e. The first-order chi connectivity index (χ1) is 12.5. The minimum atomic E-state index is -1.07. The Morgan fingerprint density at radius 3 is 2.77 bits per heavy atom. The number of piperidine rings is 1. The Morgan fingerprint density at radius 2 is 2.00 bits per heavy atom. The number of nitrogens with zero attached hydrogens (tertiary/aromatic N) is 2. The van der Waals surface area contributed by atoms with Crippen molar-refractivity contribution in [1.29, 1.82) is 0 Å². The lowest BCUT2D eigenvalue weighted by atomic mass is 9.89. The zero-order valence-electron chi connectivity index (χ0n) is 15.0. The molecule has 1 aromatic heterocycles. The van der Waals surface area contributed by atoms with Gasteiger partial charge >= 0.3 is 0 Å². The fraction of sp³-hybridized carbons (Fsp3) is 0.400. The van der Waals surface area contributed by atoms with Gasteiger partial charge in [0.05, 0.1) is 12.0 Å². The Morgan fingerprint density at radius 1 is 1.23 bits per heavy atom. The van der Waals surface area contributed by atoms with Crippen LogP contribution in [0.15, 0.2) is 53.5 Å². The van der Waals surface area contributed by atoms with Crippen LogP contribution < -0.4 is 10.9 Å². The molecule has 0 aliphatic carbocycles. The van der Waals surface area contributed by atoms with Gasteiger partial charge in [-0.3, -0.25) is 14.5 Å². The first-order valence-corrected chi connectivity index (χ1v) is 8.89. The molecule has 1 aliphatic heterocycles. The van der Waals surface area contributed by atoms with E-state index in [2.05, 4.69) is 22.3 Å². The summed E-state index contributed by atoms with van der Waals surface area (Å²) < 4.78 is 1.41. The van der Waals surface area contributed by atoms with Gasteiger partial charge in [-0.1, -0.05) is 30.3 Å². The summed E-state index contributed by atoms with van der Waals surface area (Å²) in [5.74, 6) is -0.336. The molecule has 2 heterocycles. The standard InChI is InChI=1S/C20H25N3O3/c1-22-11-5-9-17(19(22)25)21-18(24)13-20(26)10-6-12-23(15-20)14-16-7-3-2-4-8-16/h2-5,7-9,11,26H,6,10,12-15H2,1H3,(H,21,24). The van der Waals surface area contributed by atoms with E-state index in [1.165, 1.54) is 10.1 Å². The first-order valence-electron chi connectivity index (χ1n) is 8.89. The monoisotopic (exact) mass is 355 g/mol. The molecule has 1 atom stereocenters. The van der Waals surface area contributed by atoms with E-state index in [1.807, 2.05) is 18.2 Å². The van der Waals surface area contributed by atoms with Crippen molar-refractivity contribution in [2.45, 2.75) is 31.4 Å². The molecule has 2 N–H and O–H groups in total. The highest BCUT2D eigenvalue weighted by atomic mass is 16.3. The highest BCUT2D eigenvalue weighted by Crippen LogP contribution is 2.26. The van der Waals surface area contributed by atoms with Crippen LogP contribution in [0.2, 0.25) is 0 Å². The van der Waals surface area contributed by atoms with Gasteiger partial charge in [-0.25, -0.2) is 0 Å². The average molecular weight is 355 g/mol. The molecule has 1 aliphatic rings. The maximum Gasteiger partial charge on any atom is 0.274 e. The number of hydrogen-bond acceptors (Lipinski definition) is 4. The molecule has 6 nitrogen and oxygen atoms in total. The van der Waals surface area contributed by atoms with Crippen LogP contribution in [-0.2, 0) is 18.4 Å². The average Bonchev–Trinajstić information content (AvgIpc) is 2.59. The minimum absolute atomic E-state index is 0.0175. The Labute approximate surface area is 153 Å². The number of aromatic nitrogens is 1. The highest BCUT2D eigenvalue weighted by Gasteiger charge is 2.35. The van der Waals surface area contributed by atoms with Crippen LogP contribution in [-0.4, -0.2) is 39.2 Å². The number of rotatable bonds is 5. The van der Waals surface area contributed by atoms with Gasteiger partial charge < -0.3 is 15.0 Å². The van der Waals surface area contributed by atoms with E-state index >= 15 is 0 Å². The van der Waals surface area contributed by atoms with E-state index in [1.54, 1.807) is 25.4 Å². The minimum Gasteiger partial charge on any atom is -0.388 e. The molecule has 26 heavy (non-hydrogen) atoms. The van der Waals surface area contributed by atoms with Gasteiger partial charge in [0.2, 0.25) is 5.91 Å². The lowest BCUT2D eigenvalue weighted by Gasteiger charge is -2.39. The van der Waals surface area contributed by atoms with Gasteiger partial charge in [-0.05, 0) is 37.1 Å². The second-order valence-corrected chi connectivity index (χ2v) is 7.09. The Balaban J connectivity index is 1.61. The SMILES string of the molecule is Cn1cccc(NC(=O)CC2(O)CCCN(Cc3ccccc3)C2)c1=O.